The molecule has 0 spiro atoms. The molecule has 118 valence electrons. The van der Waals surface area contributed by atoms with E-state index in [1.54, 1.807) is 6.07 Å². The van der Waals surface area contributed by atoms with Gasteiger partial charge in [0, 0.05) is 17.0 Å². The number of carbonyl (C=O) groups is 1. The highest BCUT2D eigenvalue weighted by Crippen LogP contribution is 2.22. The topological polar surface area (TPSA) is 100 Å². The molecule has 23 heavy (non-hydrogen) atoms. The Labute approximate surface area is 130 Å². The van der Waals surface area contributed by atoms with Crippen molar-refractivity contribution < 1.29 is 13.9 Å². The Morgan fingerprint density at radius 2 is 2.04 bits per heavy atom. The molecule has 2 heterocycles. The summed E-state index contributed by atoms with van der Waals surface area (Å²) in [7, 11) is 0. The first-order valence-corrected chi connectivity index (χ1v) is 6.93. The molecule has 0 N–H and O–H groups in total. The maximum Gasteiger partial charge on any atom is 0.336 e. The van der Waals surface area contributed by atoms with Gasteiger partial charge in [0.25, 0.3) is 0 Å². The van der Waals surface area contributed by atoms with Crippen LogP contribution in [-0.2, 0) is 22.7 Å². The van der Waals surface area contributed by atoms with E-state index in [-0.39, 0.29) is 13.2 Å². The summed E-state index contributed by atoms with van der Waals surface area (Å²) in [6.45, 7) is 3.79. The largest absolute Gasteiger partial charge is 0.459 e. The summed E-state index contributed by atoms with van der Waals surface area (Å²) < 4.78 is 11.7. The van der Waals surface area contributed by atoms with E-state index >= 15 is 0 Å². The lowest BCUT2D eigenvalue weighted by Crippen LogP contribution is -2.14. The SMILES string of the molecule is Cc1cc2oc(=O)cc(COC(=O)Cn3cnnn3)c2cc1C. The van der Waals surface area contributed by atoms with Gasteiger partial charge >= 0.3 is 11.6 Å². The highest BCUT2D eigenvalue weighted by atomic mass is 16.5. The summed E-state index contributed by atoms with van der Waals surface area (Å²) in [5.74, 6) is -0.498. The molecular formula is C15H14N4O4. The van der Waals surface area contributed by atoms with E-state index in [1.165, 1.54) is 17.1 Å². The zero-order chi connectivity index (χ0) is 16.4. The highest BCUT2D eigenvalue weighted by Gasteiger charge is 2.11. The van der Waals surface area contributed by atoms with Crippen molar-refractivity contribution in [3.8, 4) is 0 Å². The molecule has 8 heteroatoms. The van der Waals surface area contributed by atoms with Crippen LogP contribution in [0.4, 0.5) is 0 Å². The number of rotatable bonds is 4. The zero-order valence-electron chi connectivity index (χ0n) is 12.6. The van der Waals surface area contributed by atoms with Crippen LogP contribution in [0.15, 0.2) is 33.7 Å². The van der Waals surface area contributed by atoms with Crippen LogP contribution in [0.3, 0.4) is 0 Å². The third-order valence-electron chi connectivity index (χ3n) is 3.52. The standard InChI is InChI=1S/C15H14N4O4/c1-9-3-12-11(5-14(20)23-13(12)4-10(9)2)7-22-15(21)6-19-8-16-17-18-19/h3-5,8H,6-7H2,1-2H3. The second-order valence-electron chi connectivity index (χ2n) is 5.19. The summed E-state index contributed by atoms with van der Waals surface area (Å²) in [6.07, 6.45) is 1.32. The van der Waals surface area contributed by atoms with Gasteiger partial charge in [0.15, 0.2) is 0 Å². The molecule has 0 radical (unpaired) electrons. The van der Waals surface area contributed by atoms with Crippen LogP contribution in [0.25, 0.3) is 11.0 Å². The zero-order valence-corrected chi connectivity index (χ0v) is 12.6. The van der Waals surface area contributed by atoms with Crippen LogP contribution in [0.1, 0.15) is 16.7 Å². The number of hydrogen-bond acceptors (Lipinski definition) is 7. The van der Waals surface area contributed by atoms with Crippen molar-refractivity contribution in [1.82, 2.24) is 20.2 Å². The molecule has 2 aromatic heterocycles. The summed E-state index contributed by atoms with van der Waals surface area (Å²) >= 11 is 0. The molecule has 0 aliphatic rings. The number of ether oxygens (including phenoxy) is 1. The van der Waals surface area contributed by atoms with E-state index in [0.717, 1.165) is 16.5 Å². The fraction of sp³-hybridized carbons (Fsp3) is 0.267. The van der Waals surface area contributed by atoms with Gasteiger partial charge in [-0.3, -0.25) is 4.79 Å². The van der Waals surface area contributed by atoms with E-state index in [1.807, 2.05) is 19.9 Å². The minimum Gasteiger partial charge on any atom is -0.459 e. The van der Waals surface area contributed by atoms with Crippen LogP contribution in [-0.4, -0.2) is 26.2 Å². The Hall–Kier alpha value is -3.03. The van der Waals surface area contributed by atoms with Gasteiger partial charge in [-0.15, -0.1) is 5.10 Å². The number of tetrazole rings is 1. The second kappa shape index (κ2) is 5.99. The molecule has 3 aromatic rings. The first-order chi connectivity index (χ1) is 11.0. The molecule has 0 bridgehead atoms. The summed E-state index contributed by atoms with van der Waals surface area (Å²) in [5, 5.41) is 11.2. The Balaban J connectivity index is 1.83. The number of esters is 1. The van der Waals surface area contributed by atoms with Crippen molar-refractivity contribution in [3.05, 3.63) is 51.6 Å². The number of aryl methyl sites for hydroxylation is 2. The number of benzene rings is 1. The van der Waals surface area contributed by atoms with Gasteiger partial charge < -0.3 is 9.15 Å². The third-order valence-corrected chi connectivity index (χ3v) is 3.52. The quantitative estimate of drug-likeness (QED) is 0.526. The van der Waals surface area contributed by atoms with Crippen LogP contribution in [0, 0.1) is 13.8 Å². The van der Waals surface area contributed by atoms with Gasteiger partial charge in [0.1, 0.15) is 25.1 Å². The van der Waals surface area contributed by atoms with Crippen molar-refractivity contribution >= 4 is 16.9 Å². The first-order valence-electron chi connectivity index (χ1n) is 6.93. The normalized spacial score (nSPS) is 10.9. The van der Waals surface area contributed by atoms with Crippen LogP contribution in [0.5, 0.6) is 0 Å². The molecule has 3 rings (SSSR count). The number of aromatic nitrogens is 4. The molecule has 8 nitrogen and oxygen atoms in total. The number of nitrogens with zero attached hydrogens (tertiary/aromatic N) is 4. The predicted molar refractivity (Wildman–Crippen MR) is 79.6 cm³/mol. The molecule has 0 aliphatic heterocycles. The molecular weight excluding hydrogens is 300 g/mol. The molecule has 1 aromatic carbocycles. The van der Waals surface area contributed by atoms with Crippen LogP contribution < -0.4 is 5.63 Å². The summed E-state index contributed by atoms with van der Waals surface area (Å²) in [5.41, 5.74) is 2.69. The Morgan fingerprint density at radius 3 is 2.78 bits per heavy atom. The van der Waals surface area contributed by atoms with Gasteiger partial charge in [-0.05, 0) is 47.5 Å². The maximum absolute atomic E-state index is 11.8. The average molecular weight is 314 g/mol. The van der Waals surface area contributed by atoms with E-state index < -0.39 is 11.6 Å². The average Bonchev–Trinajstić information content (AvgIpc) is 2.99. The van der Waals surface area contributed by atoms with E-state index in [2.05, 4.69) is 15.5 Å². The maximum atomic E-state index is 11.8. The number of hydrogen-bond donors (Lipinski definition) is 0. The van der Waals surface area contributed by atoms with Gasteiger partial charge in [-0.2, -0.15) is 0 Å². The van der Waals surface area contributed by atoms with E-state index in [4.69, 9.17) is 9.15 Å². The van der Waals surface area contributed by atoms with Gasteiger partial charge in [0.05, 0.1) is 0 Å². The second-order valence-corrected chi connectivity index (χ2v) is 5.19. The fourth-order valence-electron chi connectivity index (χ4n) is 2.19. The molecule has 0 saturated carbocycles. The lowest BCUT2D eigenvalue weighted by molar-refractivity contribution is -0.145. The minimum absolute atomic E-state index is 0.0223. The minimum atomic E-state index is -0.498. The Morgan fingerprint density at radius 1 is 1.26 bits per heavy atom. The van der Waals surface area contributed by atoms with Gasteiger partial charge in [-0.25, -0.2) is 9.48 Å². The molecule has 0 aliphatic carbocycles. The van der Waals surface area contributed by atoms with Crippen LogP contribution in [0.2, 0.25) is 0 Å². The fourth-order valence-corrected chi connectivity index (χ4v) is 2.19. The van der Waals surface area contributed by atoms with Crippen molar-refractivity contribution in [2.75, 3.05) is 0 Å². The van der Waals surface area contributed by atoms with Crippen molar-refractivity contribution in [2.24, 2.45) is 0 Å². The predicted octanol–water partition coefficient (Wildman–Crippen LogP) is 1.14. The lowest BCUT2D eigenvalue weighted by atomic mass is 10.0. The Bertz CT molecular complexity index is 915. The van der Waals surface area contributed by atoms with Crippen molar-refractivity contribution in [1.29, 1.82) is 0 Å². The van der Waals surface area contributed by atoms with Crippen LogP contribution >= 0.6 is 0 Å². The first kappa shape index (κ1) is 14.9. The molecule has 0 amide bonds. The van der Waals surface area contributed by atoms with Gasteiger partial charge in [-0.1, -0.05) is 0 Å². The van der Waals surface area contributed by atoms with Crippen molar-refractivity contribution in [3.63, 3.8) is 0 Å². The Kier molecular flexibility index (Phi) is 3.88. The highest BCUT2D eigenvalue weighted by molar-refractivity contribution is 5.82. The van der Waals surface area contributed by atoms with E-state index in [9.17, 15) is 9.59 Å². The summed E-state index contributed by atoms with van der Waals surface area (Å²) in [4.78, 5) is 23.4. The third kappa shape index (κ3) is 3.25. The summed E-state index contributed by atoms with van der Waals surface area (Å²) in [6, 6.07) is 5.05. The molecule has 0 saturated heterocycles. The molecule has 0 atom stereocenters. The smallest absolute Gasteiger partial charge is 0.336 e. The van der Waals surface area contributed by atoms with Crippen molar-refractivity contribution in [2.45, 2.75) is 27.0 Å². The van der Waals surface area contributed by atoms with E-state index in [0.29, 0.717) is 11.1 Å². The molecule has 0 fully saturated rings. The lowest BCUT2D eigenvalue weighted by Gasteiger charge is -2.09. The number of fused-ring (bicyclic) bond motifs is 1. The number of carbonyl (C=O) groups excluding carboxylic acids is 1. The monoisotopic (exact) mass is 314 g/mol. The van der Waals surface area contributed by atoms with Gasteiger partial charge in [0.2, 0.25) is 0 Å². The molecule has 0 unspecified atom stereocenters.